The molecule has 0 spiro atoms. The Labute approximate surface area is 99.6 Å². The standard InChI is InChI=1S/C12H15N3O2/c1-7(13-2)8-3-4-9-10(5-8)15-12(17)6-11(16)14-9/h3-5,7,13H,6H2,1-2H3,(H,14,16)(H,15,17). The highest BCUT2D eigenvalue weighted by Crippen LogP contribution is 2.28. The van der Waals surface area contributed by atoms with Gasteiger partial charge in [-0.3, -0.25) is 9.59 Å². The van der Waals surface area contributed by atoms with Gasteiger partial charge in [-0.1, -0.05) is 6.07 Å². The Bertz CT molecular complexity index is 471. The van der Waals surface area contributed by atoms with E-state index < -0.39 is 0 Å². The van der Waals surface area contributed by atoms with E-state index in [1.54, 1.807) is 0 Å². The van der Waals surface area contributed by atoms with Gasteiger partial charge >= 0.3 is 0 Å². The van der Waals surface area contributed by atoms with Gasteiger partial charge in [-0.05, 0) is 31.7 Å². The number of carbonyl (C=O) groups is 2. The van der Waals surface area contributed by atoms with E-state index in [0.717, 1.165) is 5.56 Å². The second-order valence-corrected chi connectivity index (χ2v) is 4.09. The summed E-state index contributed by atoms with van der Waals surface area (Å²) in [7, 11) is 1.87. The minimum absolute atomic E-state index is 0.133. The summed E-state index contributed by atoms with van der Waals surface area (Å²) in [5, 5.41) is 8.54. The van der Waals surface area contributed by atoms with Crippen molar-refractivity contribution in [3.8, 4) is 0 Å². The van der Waals surface area contributed by atoms with Crippen molar-refractivity contribution in [2.45, 2.75) is 19.4 Å². The molecule has 3 N–H and O–H groups in total. The summed E-state index contributed by atoms with van der Waals surface area (Å²) in [5.74, 6) is -0.564. The molecule has 5 nitrogen and oxygen atoms in total. The predicted molar refractivity (Wildman–Crippen MR) is 65.8 cm³/mol. The van der Waals surface area contributed by atoms with Gasteiger partial charge in [0.05, 0.1) is 11.4 Å². The van der Waals surface area contributed by atoms with Crippen LogP contribution in [0.1, 0.15) is 24.9 Å². The lowest BCUT2D eigenvalue weighted by molar-refractivity contribution is -0.123. The van der Waals surface area contributed by atoms with Gasteiger partial charge in [0.1, 0.15) is 6.42 Å². The first-order chi connectivity index (χ1) is 8.10. The average molecular weight is 233 g/mol. The molecule has 2 amide bonds. The third-order valence-electron chi connectivity index (χ3n) is 2.85. The van der Waals surface area contributed by atoms with Crippen LogP contribution in [0.2, 0.25) is 0 Å². The topological polar surface area (TPSA) is 70.2 Å². The SMILES string of the molecule is CNC(C)c1ccc2c(c1)NC(=O)CC(=O)N2. The third-order valence-corrected chi connectivity index (χ3v) is 2.85. The van der Waals surface area contributed by atoms with Crippen molar-refractivity contribution in [1.82, 2.24) is 5.32 Å². The lowest BCUT2D eigenvalue weighted by Crippen LogP contribution is -2.16. The fourth-order valence-corrected chi connectivity index (χ4v) is 1.74. The van der Waals surface area contributed by atoms with Crippen LogP contribution < -0.4 is 16.0 Å². The molecule has 1 aromatic carbocycles. The van der Waals surface area contributed by atoms with Gasteiger partial charge in [0.25, 0.3) is 0 Å². The number of fused-ring (bicyclic) bond motifs is 1. The molecule has 0 saturated carbocycles. The Morgan fingerprint density at radius 3 is 2.47 bits per heavy atom. The smallest absolute Gasteiger partial charge is 0.233 e. The highest BCUT2D eigenvalue weighted by Gasteiger charge is 2.18. The van der Waals surface area contributed by atoms with E-state index >= 15 is 0 Å². The van der Waals surface area contributed by atoms with Gasteiger partial charge in [0.15, 0.2) is 0 Å². The number of hydrogen-bond acceptors (Lipinski definition) is 3. The van der Waals surface area contributed by atoms with E-state index in [0.29, 0.717) is 11.4 Å². The van der Waals surface area contributed by atoms with Gasteiger partial charge in [0.2, 0.25) is 11.8 Å². The van der Waals surface area contributed by atoms with Crippen LogP contribution in [0.3, 0.4) is 0 Å². The van der Waals surface area contributed by atoms with Crippen molar-refractivity contribution in [3.05, 3.63) is 23.8 Å². The molecule has 1 aliphatic rings. The van der Waals surface area contributed by atoms with Crippen LogP contribution in [0.5, 0.6) is 0 Å². The first-order valence-electron chi connectivity index (χ1n) is 5.51. The van der Waals surface area contributed by atoms with Crippen molar-refractivity contribution in [2.24, 2.45) is 0 Å². The van der Waals surface area contributed by atoms with Gasteiger partial charge < -0.3 is 16.0 Å². The second-order valence-electron chi connectivity index (χ2n) is 4.09. The number of amides is 2. The summed E-state index contributed by atoms with van der Waals surface area (Å²) in [6, 6.07) is 5.80. The van der Waals surface area contributed by atoms with Gasteiger partial charge in [-0.25, -0.2) is 0 Å². The van der Waals surface area contributed by atoms with Crippen LogP contribution in [0, 0.1) is 0 Å². The molecule has 5 heteroatoms. The zero-order chi connectivity index (χ0) is 12.4. The molecule has 90 valence electrons. The van der Waals surface area contributed by atoms with E-state index in [2.05, 4.69) is 16.0 Å². The number of benzene rings is 1. The molecule has 1 heterocycles. The van der Waals surface area contributed by atoms with Crippen LogP contribution in [-0.4, -0.2) is 18.9 Å². The monoisotopic (exact) mass is 233 g/mol. The maximum Gasteiger partial charge on any atom is 0.233 e. The number of carbonyl (C=O) groups excluding carboxylic acids is 2. The zero-order valence-electron chi connectivity index (χ0n) is 9.83. The summed E-state index contributed by atoms with van der Waals surface area (Å²) >= 11 is 0. The van der Waals surface area contributed by atoms with Crippen LogP contribution in [0.25, 0.3) is 0 Å². The Balaban J connectivity index is 2.37. The number of rotatable bonds is 2. The average Bonchev–Trinajstić information content (AvgIpc) is 2.43. The third kappa shape index (κ3) is 2.45. The number of nitrogens with one attached hydrogen (secondary N) is 3. The molecular formula is C12H15N3O2. The summed E-state index contributed by atoms with van der Waals surface area (Å²) in [6.45, 7) is 2.03. The molecule has 1 unspecified atom stereocenters. The summed E-state index contributed by atoms with van der Waals surface area (Å²) < 4.78 is 0. The normalized spacial score (nSPS) is 16.6. The summed E-state index contributed by atoms with van der Waals surface area (Å²) in [4.78, 5) is 22.8. The van der Waals surface area contributed by atoms with E-state index in [9.17, 15) is 9.59 Å². The minimum atomic E-state index is -0.282. The van der Waals surface area contributed by atoms with Crippen LogP contribution in [0.4, 0.5) is 11.4 Å². The Kier molecular flexibility index (Phi) is 3.10. The highest BCUT2D eigenvalue weighted by atomic mass is 16.2. The first kappa shape index (κ1) is 11.6. The van der Waals surface area contributed by atoms with Gasteiger partial charge in [-0.15, -0.1) is 0 Å². The molecule has 17 heavy (non-hydrogen) atoms. The summed E-state index contributed by atoms with van der Waals surface area (Å²) in [6.07, 6.45) is -0.133. The lowest BCUT2D eigenvalue weighted by Gasteiger charge is -2.14. The van der Waals surface area contributed by atoms with E-state index in [4.69, 9.17) is 0 Å². The van der Waals surface area contributed by atoms with E-state index in [1.165, 1.54) is 0 Å². The fraction of sp³-hybridized carbons (Fsp3) is 0.333. The quantitative estimate of drug-likeness (QED) is 0.673. The van der Waals surface area contributed by atoms with Crippen LogP contribution >= 0.6 is 0 Å². The lowest BCUT2D eigenvalue weighted by atomic mass is 10.1. The molecule has 1 aliphatic heterocycles. The summed E-state index contributed by atoms with van der Waals surface area (Å²) in [5.41, 5.74) is 2.36. The molecule has 0 bridgehead atoms. The highest BCUT2D eigenvalue weighted by molar-refractivity contribution is 6.13. The van der Waals surface area contributed by atoms with Crippen molar-refractivity contribution in [3.63, 3.8) is 0 Å². The number of anilines is 2. The maximum absolute atomic E-state index is 11.4. The molecule has 1 aromatic rings. The van der Waals surface area contributed by atoms with Crippen molar-refractivity contribution in [1.29, 1.82) is 0 Å². The van der Waals surface area contributed by atoms with E-state index in [-0.39, 0.29) is 24.3 Å². The Morgan fingerprint density at radius 2 is 1.82 bits per heavy atom. The van der Waals surface area contributed by atoms with Crippen molar-refractivity contribution >= 4 is 23.2 Å². The van der Waals surface area contributed by atoms with Crippen molar-refractivity contribution in [2.75, 3.05) is 17.7 Å². The molecule has 1 atom stereocenters. The molecule has 0 radical (unpaired) electrons. The van der Waals surface area contributed by atoms with Crippen LogP contribution in [0.15, 0.2) is 18.2 Å². The first-order valence-corrected chi connectivity index (χ1v) is 5.51. The fourth-order valence-electron chi connectivity index (χ4n) is 1.74. The largest absolute Gasteiger partial charge is 0.324 e. The molecule has 2 rings (SSSR count). The molecule has 0 aromatic heterocycles. The van der Waals surface area contributed by atoms with Crippen LogP contribution in [-0.2, 0) is 9.59 Å². The Hall–Kier alpha value is -1.88. The predicted octanol–water partition coefficient (Wildman–Crippen LogP) is 1.25. The second kappa shape index (κ2) is 4.55. The molecule has 0 aliphatic carbocycles. The van der Waals surface area contributed by atoms with Gasteiger partial charge in [0, 0.05) is 6.04 Å². The number of hydrogen-bond donors (Lipinski definition) is 3. The molecular weight excluding hydrogens is 218 g/mol. The Morgan fingerprint density at radius 1 is 1.18 bits per heavy atom. The zero-order valence-corrected chi connectivity index (χ0v) is 9.83. The van der Waals surface area contributed by atoms with E-state index in [1.807, 2.05) is 32.2 Å². The van der Waals surface area contributed by atoms with Gasteiger partial charge in [-0.2, -0.15) is 0 Å². The minimum Gasteiger partial charge on any atom is -0.324 e. The molecule has 0 fully saturated rings. The van der Waals surface area contributed by atoms with Crippen molar-refractivity contribution < 1.29 is 9.59 Å². The molecule has 0 saturated heterocycles. The maximum atomic E-state index is 11.4.